The Labute approximate surface area is 124 Å². The number of phenols is 1. The summed E-state index contributed by atoms with van der Waals surface area (Å²) in [5.41, 5.74) is 8.22. The molecule has 1 aromatic rings. The van der Waals surface area contributed by atoms with Crippen LogP contribution >= 0.6 is 15.9 Å². The fourth-order valence-corrected chi connectivity index (χ4v) is 4.06. The van der Waals surface area contributed by atoms with E-state index >= 15 is 0 Å². The SMILES string of the molecule is CC(C)c1cc(O)c(C2(CN)CCCCC2)cc1Br. The number of rotatable bonds is 3. The lowest BCUT2D eigenvalue weighted by Gasteiger charge is -2.37. The van der Waals surface area contributed by atoms with Gasteiger partial charge >= 0.3 is 0 Å². The second-order valence-corrected chi connectivity index (χ2v) is 6.95. The van der Waals surface area contributed by atoms with E-state index in [-0.39, 0.29) is 5.41 Å². The molecule has 0 bridgehead atoms. The van der Waals surface area contributed by atoms with Crippen LogP contribution in [0.5, 0.6) is 5.75 Å². The molecule has 1 saturated carbocycles. The first-order valence-electron chi connectivity index (χ1n) is 7.23. The van der Waals surface area contributed by atoms with Gasteiger partial charge in [0.05, 0.1) is 0 Å². The Morgan fingerprint density at radius 1 is 1.26 bits per heavy atom. The van der Waals surface area contributed by atoms with Crippen LogP contribution in [0.25, 0.3) is 0 Å². The quantitative estimate of drug-likeness (QED) is 0.863. The maximum atomic E-state index is 10.4. The number of phenolic OH excluding ortho intramolecular Hbond substituents is 1. The van der Waals surface area contributed by atoms with Crippen molar-refractivity contribution in [2.75, 3.05) is 6.54 Å². The van der Waals surface area contributed by atoms with Gasteiger partial charge in [-0.25, -0.2) is 0 Å². The summed E-state index contributed by atoms with van der Waals surface area (Å²) in [4.78, 5) is 0. The molecule has 3 N–H and O–H groups in total. The molecule has 1 aromatic carbocycles. The predicted molar refractivity (Wildman–Crippen MR) is 83.7 cm³/mol. The summed E-state index contributed by atoms with van der Waals surface area (Å²) in [6, 6.07) is 4.01. The van der Waals surface area contributed by atoms with Crippen molar-refractivity contribution in [3.05, 3.63) is 27.7 Å². The molecule has 3 heteroatoms. The van der Waals surface area contributed by atoms with Crippen LogP contribution in [0, 0.1) is 0 Å². The lowest BCUT2D eigenvalue weighted by atomic mass is 9.69. The molecule has 0 saturated heterocycles. The van der Waals surface area contributed by atoms with Gasteiger partial charge in [-0.15, -0.1) is 0 Å². The Hall–Kier alpha value is -0.540. The monoisotopic (exact) mass is 325 g/mol. The van der Waals surface area contributed by atoms with Crippen LogP contribution in [-0.2, 0) is 5.41 Å². The molecule has 0 radical (unpaired) electrons. The Bertz CT molecular complexity index is 450. The van der Waals surface area contributed by atoms with E-state index in [9.17, 15) is 5.11 Å². The lowest BCUT2D eigenvalue weighted by Crippen LogP contribution is -2.37. The van der Waals surface area contributed by atoms with Gasteiger partial charge in [0.2, 0.25) is 0 Å². The Morgan fingerprint density at radius 2 is 1.89 bits per heavy atom. The number of hydrogen-bond acceptors (Lipinski definition) is 2. The first-order valence-corrected chi connectivity index (χ1v) is 8.02. The summed E-state index contributed by atoms with van der Waals surface area (Å²) in [7, 11) is 0. The molecule has 0 spiro atoms. The first kappa shape index (κ1) is 14.9. The highest BCUT2D eigenvalue weighted by atomic mass is 79.9. The topological polar surface area (TPSA) is 46.2 Å². The Kier molecular flexibility index (Phi) is 4.57. The van der Waals surface area contributed by atoms with Gasteiger partial charge in [-0.3, -0.25) is 0 Å². The lowest BCUT2D eigenvalue weighted by molar-refractivity contribution is 0.290. The van der Waals surface area contributed by atoms with Crippen LogP contribution < -0.4 is 5.73 Å². The van der Waals surface area contributed by atoms with Gasteiger partial charge in [0.15, 0.2) is 0 Å². The van der Waals surface area contributed by atoms with Crippen molar-refractivity contribution < 1.29 is 5.11 Å². The van der Waals surface area contributed by atoms with Crippen molar-refractivity contribution >= 4 is 15.9 Å². The highest BCUT2D eigenvalue weighted by Gasteiger charge is 2.35. The van der Waals surface area contributed by atoms with Crippen LogP contribution in [0.3, 0.4) is 0 Å². The minimum Gasteiger partial charge on any atom is -0.508 e. The van der Waals surface area contributed by atoms with E-state index in [0.29, 0.717) is 18.2 Å². The molecule has 1 fully saturated rings. The minimum absolute atomic E-state index is 0.0274. The van der Waals surface area contributed by atoms with Crippen LogP contribution in [0.4, 0.5) is 0 Å². The van der Waals surface area contributed by atoms with Gasteiger partial charge in [0.1, 0.15) is 5.75 Å². The zero-order valence-corrected chi connectivity index (χ0v) is 13.5. The fraction of sp³-hybridized carbons (Fsp3) is 0.625. The molecule has 106 valence electrons. The average molecular weight is 326 g/mol. The van der Waals surface area contributed by atoms with E-state index in [1.165, 1.54) is 19.3 Å². The summed E-state index contributed by atoms with van der Waals surface area (Å²) in [5, 5.41) is 10.4. The molecular weight excluding hydrogens is 302 g/mol. The molecule has 2 nitrogen and oxygen atoms in total. The predicted octanol–water partition coefficient (Wildman–Crippen LogP) is 4.44. The average Bonchev–Trinajstić information content (AvgIpc) is 2.41. The molecule has 19 heavy (non-hydrogen) atoms. The normalized spacial score (nSPS) is 18.8. The summed E-state index contributed by atoms with van der Waals surface area (Å²) < 4.78 is 1.09. The van der Waals surface area contributed by atoms with Gasteiger partial charge < -0.3 is 10.8 Å². The van der Waals surface area contributed by atoms with Crippen molar-refractivity contribution in [2.45, 2.75) is 57.3 Å². The highest BCUT2D eigenvalue weighted by molar-refractivity contribution is 9.10. The van der Waals surface area contributed by atoms with Crippen LogP contribution in [0.15, 0.2) is 16.6 Å². The maximum absolute atomic E-state index is 10.4. The molecule has 0 amide bonds. The Balaban J connectivity index is 2.46. The molecule has 0 aliphatic heterocycles. The third-order valence-corrected chi connectivity index (χ3v) is 5.20. The van der Waals surface area contributed by atoms with E-state index in [2.05, 4.69) is 35.8 Å². The molecule has 2 rings (SSSR count). The van der Waals surface area contributed by atoms with E-state index in [0.717, 1.165) is 28.4 Å². The molecule has 1 aliphatic carbocycles. The first-order chi connectivity index (χ1) is 9.00. The van der Waals surface area contributed by atoms with Crippen LogP contribution in [0.2, 0.25) is 0 Å². The number of hydrogen-bond donors (Lipinski definition) is 2. The summed E-state index contributed by atoms with van der Waals surface area (Å²) in [6.45, 7) is 4.89. The summed E-state index contributed by atoms with van der Waals surface area (Å²) in [6.07, 6.45) is 5.88. The Morgan fingerprint density at radius 3 is 2.42 bits per heavy atom. The second kappa shape index (κ2) is 5.84. The molecule has 0 atom stereocenters. The highest BCUT2D eigenvalue weighted by Crippen LogP contribution is 2.44. The minimum atomic E-state index is -0.0274. The zero-order chi connectivity index (χ0) is 14.0. The van der Waals surface area contributed by atoms with Gasteiger partial charge in [-0.05, 0) is 36.5 Å². The molecular formula is C16H24BrNO. The van der Waals surface area contributed by atoms with Crippen molar-refractivity contribution in [1.29, 1.82) is 0 Å². The van der Waals surface area contributed by atoms with Crippen LogP contribution in [0.1, 0.15) is 63.0 Å². The molecule has 1 aliphatic rings. The van der Waals surface area contributed by atoms with E-state index in [1.54, 1.807) is 0 Å². The summed E-state index contributed by atoms with van der Waals surface area (Å²) in [5.74, 6) is 0.814. The number of aromatic hydroxyl groups is 1. The second-order valence-electron chi connectivity index (χ2n) is 6.09. The third-order valence-electron chi connectivity index (χ3n) is 4.51. The van der Waals surface area contributed by atoms with Gasteiger partial charge in [0.25, 0.3) is 0 Å². The molecule has 0 heterocycles. The van der Waals surface area contributed by atoms with Gasteiger partial charge in [0, 0.05) is 22.0 Å². The van der Waals surface area contributed by atoms with Crippen molar-refractivity contribution in [3.63, 3.8) is 0 Å². The summed E-state index contributed by atoms with van der Waals surface area (Å²) >= 11 is 3.65. The van der Waals surface area contributed by atoms with Crippen molar-refractivity contribution in [3.8, 4) is 5.75 Å². The van der Waals surface area contributed by atoms with Gasteiger partial charge in [-0.2, -0.15) is 0 Å². The van der Waals surface area contributed by atoms with E-state index < -0.39 is 0 Å². The third kappa shape index (κ3) is 2.82. The standard InChI is InChI=1S/C16H24BrNO/c1-11(2)12-8-15(19)13(9-14(12)17)16(10-18)6-4-3-5-7-16/h8-9,11,19H,3-7,10,18H2,1-2H3. The van der Waals surface area contributed by atoms with Gasteiger partial charge in [-0.1, -0.05) is 49.0 Å². The number of halogens is 1. The number of benzene rings is 1. The van der Waals surface area contributed by atoms with E-state index in [4.69, 9.17) is 5.73 Å². The largest absolute Gasteiger partial charge is 0.508 e. The van der Waals surface area contributed by atoms with Crippen LogP contribution in [-0.4, -0.2) is 11.7 Å². The van der Waals surface area contributed by atoms with Crippen molar-refractivity contribution in [1.82, 2.24) is 0 Å². The number of nitrogens with two attached hydrogens (primary N) is 1. The van der Waals surface area contributed by atoms with Crippen molar-refractivity contribution in [2.24, 2.45) is 5.73 Å². The maximum Gasteiger partial charge on any atom is 0.119 e. The molecule has 0 unspecified atom stereocenters. The molecule has 0 aromatic heterocycles. The zero-order valence-electron chi connectivity index (χ0n) is 11.9. The fourth-order valence-electron chi connectivity index (χ4n) is 3.26. The smallest absolute Gasteiger partial charge is 0.119 e. The van der Waals surface area contributed by atoms with E-state index in [1.807, 2.05) is 6.07 Å².